The molecule has 3 amide bonds. The summed E-state index contributed by atoms with van der Waals surface area (Å²) in [5.41, 5.74) is -0.642. The predicted octanol–water partition coefficient (Wildman–Crippen LogP) is 2.54. The summed E-state index contributed by atoms with van der Waals surface area (Å²) in [6.45, 7) is 7.02. The van der Waals surface area contributed by atoms with Crippen molar-refractivity contribution in [3.05, 3.63) is 0 Å². The third-order valence-electron chi connectivity index (χ3n) is 7.70. The number of halogens is 6. The average molecular weight is 631 g/mol. The van der Waals surface area contributed by atoms with Crippen LogP contribution in [0.2, 0.25) is 0 Å². The van der Waals surface area contributed by atoms with E-state index in [4.69, 9.17) is 4.74 Å². The van der Waals surface area contributed by atoms with Gasteiger partial charge in [-0.05, 0) is 53.0 Å². The summed E-state index contributed by atoms with van der Waals surface area (Å²) in [5.74, 6) is -0.158. The fourth-order valence-corrected chi connectivity index (χ4v) is 5.65. The highest BCUT2D eigenvalue weighted by Crippen LogP contribution is 2.24. The molecule has 4 fully saturated rings. The van der Waals surface area contributed by atoms with Crippen molar-refractivity contribution in [1.29, 1.82) is 0 Å². The molecular weight excluding hydrogens is 586 g/mol. The number of rotatable bonds is 4. The third-order valence-corrected chi connectivity index (χ3v) is 7.70. The molecule has 4 rings (SSSR count). The summed E-state index contributed by atoms with van der Waals surface area (Å²) in [6.07, 6.45) is -5.81. The lowest BCUT2D eigenvalue weighted by atomic mass is 10.1. The van der Waals surface area contributed by atoms with Gasteiger partial charge in [0.05, 0.1) is 19.1 Å². The molecule has 10 nitrogen and oxygen atoms in total. The van der Waals surface area contributed by atoms with Gasteiger partial charge in [0.15, 0.2) is 0 Å². The lowest BCUT2D eigenvalue weighted by molar-refractivity contribution is -0.154. The maximum Gasteiger partial charge on any atom is 0.410 e. The van der Waals surface area contributed by atoms with Gasteiger partial charge in [-0.25, -0.2) is 4.79 Å². The standard InChI is InChI=1S/C16H26F3N3O3.C11H18F3N3O/c1-15(2,3)25-14(24)22-6-4-5-12(22)13(23)21-9-7-20(8-10-21)11-16(17,18)19;12-11(13,14)8-16-4-6-17(7-5-16)10(18)9-2-1-3-15-9/h12H,4-11H2,1-3H3;9,15H,1-8H2/t12-;9-/m00/s1. The van der Waals surface area contributed by atoms with Crippen molar-refractivity contribution in [3.63, 3.8) is 0 Å². The number of hydrogen-bond donors (Lipinski definition) is 1. The summed E-state index contributed by atoms with van der Waals surface area (Å²) in [5, 5.41) is 3.12. The second-order valence-corrected chi connectivity index (χ2v) is 12.4. The normalized spacial score (nSPS) is 24.5. The minimum Gasteiger partial charge on any atom is -0.444 e. The van der Waals surface area contributed by atoms with Crippen molar-refractivity contribution in [1.82, 2.24) is 29.8 Å². The largest absolute Gasteiger partial charge is 0.444 e. The Morgan fingerprint density at radius 1 is 0.698 bits per heavy atom. The molecule has 16 heteroatoms. The number of nitrogens with one attached hydrogen (secondary N) is 1. The van der Waals surface area contributed by atoms with E-state index in [1.54, 1.807) is 30.6 Å². The van der Waals surface area contributed by atoms with E-state index in [0.717, 1.165) is 19.4 Å². The van der Waals surface area contributed by atoms with Crippen molar-refractivity contribution < 1.29 is 45.5 Å². The third kappa shape index (κ3) is 11.6. The highest BCUT2D eigenvalue weighted by molar-refractivity contribution is 5.86. The molecule has 1 N–H and O–H groups in total. The van der Waals surface area contributed by atoms with Crippen molar-refractivity contribution in [2.24, 2.45) is 0 Å². The molecule has 0 aliphatic carbocycles. The van der Waals surface area contributed by atoms with Crippen LogP contribution in [0.4, 0.5) is 31.1 Å². The second kappa shape index (κ2) is 14.6. The number of carbonyl (C=O) groups excluding carboxylic acids is 3. The van der Waals surface area contributed by atoms with Gasteiger partial charge in [-0.3, -0.25) is 24.3 Å². The Balaban J connectivity index is 0.000000248. The molecule has 0 aromatic heterocycles. The Bertz CT molecular complexity index is 938. The molecule has 0 saturated carbocycles. The number of hydrogen-bond acceptors (Lipinski definition) is 7. The number of piperazine rings is 2. The van der Waals surface area contributed by atoms with E-state index in [0.29, 0.717) is 45.6 Å². The van der Waals surface area contributed by atoms with Gasteiger partial charge >= 0.3 is 18.4 Å². The first-order valence-corrected chi connectivity index (χ1v) is 14.8. The van der Waals surface area contributed by atoms with E-state index in [9.17, 15) is 40.7 Å². The second-order valence-electron chi connectivity index (χ2n) is 12.4. The molecular formula is C27H44F6N6O4. The topological polar surface area (TPSA) is 88.7 Å². The molecule has 248 valence electrons. The molecule has 0 bridgehead atoms. The van der Waals surface area contributed by atoms with Gasteiger partial charge in [-0.1, -0.05) is 0 Å². The van der Waals surface area contributed by atoms with Crippen LogP contribution in [0.25, 0.3) is 0 Å². The van der Waals surface area contributed by atoms with E-state index in [1.165, 1.54) is 14.7 Å². The number of carbonyl (C=O) groups is 3. The van der Waals surface area contributed by atoms with Gasteiger partial charge in [0.1, 0.15) is 11.6 Å². The van der Waals surface area contributed by atoms with Gasteiger partial charge < -0.3 is 19.9 Å². The van der Waals surface area contributed by atoms with Crippen LogP contribution < -0.4 is 5.32 Å². The van der Waals surface area contributed by atoms with E-state index in [-0.39, 0.29) is 44.0 Å². The molecule has 4 heterocycles. The minimum atomic E-state index is -4.23. The van der Waals surface area contributed by atoms with Crippen molar-refractivity contribution in [2.75, 3.05) is 78.5 Å². The smallest absolute Gasteiger partial charge is 0.410 e. The maximum atomic E-state index is 12.7. The maximum absolute atomic E-state index is 12.7. The summed E-state index contributed by atoms with van der Waals surface area (Å²) in [4.78, 5) is 44.3. The van der Waals surface area contributed by atoms with Gasteiger partial charge in [0.25, 0.3) is 0 Å². The molecule has 0 aromatic rings. The van der Waals surface area contributed by atoms with Crippen molar-refractivity contribution in [3.8, 4) is 0 Å². The van der Waals surface area contributed by atoms with Crippen LogP contribution in [0, 0.1) is 0 Å². The van der Waals surface area contributed by atoms with Crippen LogP contribution in [0.15, 0.2) is 0 Å². The lowest BCUT2D eigenvalue weighted by Gasteiger charge is -2.37. The number of likely N-dealkylation sites (tertiary alicyclic amines) is 1. The molecule has 43 heavy (non-hydrogen) atoms. The average Bonchev–Trinajstić information content (AvgIpc) is 3.59. The lowest BCUT2D eigenvalue weighted by Crippen LogP contribution is -2.55. The summed E-state index contributed by atoms with van der Waals surface area (Å²) in [7, 11) is 0. The van der Waals surface area contributed by atoms with Gasteiger partial charge in [0, 0.05) is 58.9 Å². The highest BCUT2D eigenvalue weighted by Gasteiger charge is 2.40. The quantitative estimate of drug-likeness (QED) is 0.478. The number of nitrogens with zero attached hydrogens (tertiary/aromatic N) is 5. The Labute approximate surface area is 248 Å². The molecule has 0 unspecified atom stereocenters. The zero-order chi connectivity index (χ0) is 32.0. The van der Waals surface area contributed by atoms with Crippen LogP contribution in [-0.4, -0.2) is 151 Å². The number of ether oxygens (including phenoxy) is 1. The Morgan fingerprint density at radius 3 is 1.60 bits per heavy atom. The number of alkyl halides is 6. The molecule has 0 aromatic carbocycles. The zero-order valence-corrected chi connectivity index (χ0v) is 25.1. The van der Waals surface area contributed by atoms with E-state index < -0.39 is 43.2 Å². The molecule has 4 aliphatic rings. The molecule has 0 radical (unpaired) electrons. The van der Waals surface area contributed by atoms with Crippen LogP contribution in [0.5, 0.6) is 0 Å². The first-order chi connectivity index (χ1) is 19.9. The summed E-state index contributed by atoms with van der Waals surface area (Å²) < 4.78 is 79.3. The predicted molar refractivity (Wildman–Crippen MR) is 145 cm³/mol. The molecule has 4 saturated heterocycles. The fourth-order valence-electron chi connectivity index (χ4n) is 5.65. The Morgan fingerprint density at radius 2 is 1.19 bits per heavy atom. The van der Waals surface area contributed by atoms with Crippen LogP contribution in [0.3, 0.4) is 0 Å². The van der Waals surface area contributed by atoms with Gasteiger partial charge in [-0.2, -0.15) is 26.3 Å². The van der Waals surface area contributed by atoms with Crippen LogP contribution >= 0.6 is 0 Å². The minimum absolute atomic E-state index is 0.0409. The van der Waals surface area contributed by atoms with Crippen molar-refractivity contribution in [2.45, 2.75) is 76.5 Å². The summed E-state index contributed by atoms with van der Waals surface area (Å²) >= 11 is 0. The molecule has 2 atom stereocenters. The Hall–Kier alpha value is -2.33. The fraction of sp³-hybridized carbons (Fsp3) is 0.889. The first kappa shape index (κ1) is 35.2. The molecule has 4 aliphatic heterocycles. The monoisotopic (exact) mass is 630 g/mol. The van der Waals surface area contributed by atoms with Crippen molar-refractivity contribution >= 4 is 17.9 Å². The highest BCUT2D eigenvalue weighted by atomic mass is 19.4. The Kier molecular flexibility index (Phi) is 12.0. The van der Waals surface area contributed by atoms with Crippen LogP contribution in [0.1, 0.15) is 46.5 Å². The molecule has 0 spiro atoms. The van der Waals surface area contributed by atoms with E-state index in [1.807, 2.05) is 0 Å². The van der Waals surface area contributed by atoms with Crippen LogP contribution in [-0.2, 0) is 14.3 Å². The zero-order valence-electron chi connectivity index (χ0n) is 25.1. The van der Waals surface area contributed by atoms with E-state index in [2.05, 4.69) is 5.32 Å². The van der Waals surface area contributed by atoms with Gasteiger partial charge in [0.2, 0.25) is 11.8 Å². The van der Waals surface area contributed by atoms with Gasteiger partial charge in [-0.15, -0.1) is 0 Å². The SMILES string of the molecule is CC(C)(C)OC(=O)N1CCC[C@H]1C(=O)N1CCN(CC(F)(F)F)CC1.O=C([C@@H]1CCCN1)N1CCN(CC(F)(F)F)CC1. The first-order valence-electron chi connectivity index (χ1n) is 14.8. The van der Waals surface area contributed by atoms with E-state index >= 15 is 0 Å². The number of amides is 3. The summed E-state index contributed by atoms with van der Waals surface area (Å²) in [6, 6.07) is -0.705.